The third kappa shape index (κ3) is 4.61. The van der Waals surface area contributed by atoms with Gasteiger partial charge in [0.2, 0.25) is 5.91 Å². The number of hydrogen-bond donors (Lipinski definition) is 1. The van der Waals surface area contributed by atoms with E-state index in [4.69, 9.17) is 9.52 Å². The molecule has 18 heavy (non-hydrogen) atoms. The summed E-state index contributed by atoms with van der Waals surface area (Å²) >= 11 is 0. The lowest BCUT2D eigenvalue weighted by Crippen LogP contribution is -2.38. The van der Waals surface area contributed by atoms with E-state index in [-0.39, 0.29) is 24.9 Å². The first-order chi connectivity index (χ1) is 8.50. The monoisotopic (exact) mass is 253 g/mol. The van der Waals surface area contributed by atoms with Crippen LogP contribution < -0.4 is 0 Å². The zero-order chi connectivity index (χ0) is 13.5. The maximum atomic E-state index is 12.0. The molecular weight excluding hydrogens is 234 g/mol. The van der Waals surface area contributed by atoms with Gasteiger partial charge in [-0.15, -0.1) is 0 Å². The molecule has 0 aliphatic rings. The molecule has 0 aliphatic heterocycles. The first-order valence-corrected chi connectivity index (χ1v) is 6.03. The minimum atomic E-state index is -0.886. The van der Waals surface area contributed by atoms with E-state index in [9.17, 15) is 9.59 Å². The van der Waals surface area contributed by atoms with Gasteiger partial charge in [0.15, 0.2) is 0 Å². The summed E-state index contributed by atoms with van der Waals surface area (Å²) in [5.74, 6) is -0.907. The number of nitrogens with zero attached hydrogens (tertiary/aromatic N) is 1. The molecular formula is C13H19NO4. The molecule has 100 valence electrons. The van der Waals surface area contributed by atoms with Crippen molar-refractivity contribution >= 4 is 11.9 Å². The van der Waals surface area contributed by atoms with Crippen molar-refractivity contribution in [3.63, 3.8) is 0 Å². The number of carboxylic acids is 1. The highest BCUT2D eigenvalue weighted by Gasteiger charge is 2.17. The van der Waals surface area contributed by atoms with Gasteiger partial charge in [-0.25, -0.2) is 0 Å². The first kappa shape index (κ1) is 14.3. The number of aliphatic carboxylic acids is 1. The summed E-state index contributed by atoms with van der Waals surface area (Å²) in [5.41, 5.74) is 0.977. The van der Waals surface area contributed by atoms with Gasteiger partial charge in [-0.1, -0.05) is 0 Å². The van der Waals surface area contributed by atoms with Crippen LogP contribution in [-0.4, -0.2) is 34.5 Å². The highest BCUT2D eigenvalue weighted by Crippen LogP contribution is 2.08. The zero-order valence-electron chi connectivity index (χ0n) is 10.8. The van der Waals surface area contributed by atoms with Gasteiger partial charge in [0.1, 0.15) is 0 Å². The van der Waals surface area contributed by atoms with E-state index >= 15 is 0 Å². The minimum absolute atomic E-state index is 0.0150. The fourth-order valence-corrected chi connectivity index (χ4v) is 1.72. The summed E-state index contributed by atoms with van der Waals surface area (Å²) in [7, 11) is 0. The van der Waals surface area contributed by atoms with Crippen LogP contribution >= 0.6 is 0 Å². The minimum Gasteiger partial charge on any atom is -0.481 e. The van der Waals surface area contributed by atoms with Gasteiger partial charge in [0.05, 0.1) is 18.9 Å². The van der Waals surface area contributed by atoms with Crippen molar-refractivity contribution < 1.29 is 19.1 Å². The van der Waals surface area contributed by atoms with Crippen molar-refractivity contribution in [2.45, 2.75) is 39.2 Å². The Morgan fingerprint density at radius 3 is 2.61 bits per heavy atom. The lowest BCUT2D eigenvalue weighted by Gasteiger charge is -2.26. The molecule has 0 radical (unpaired) electrons. The van der Waals surface area contributed by atoms with Gasteiger partial charge < -0.3 is 14.4 Å². The predicted octanol–water partition coefficient (Wildman–Crippen LogP) is 1.92. The van der Waals surface area contributed by atoms with Crippen LogP contribution in [0.25, 0.3) is 0 Å². The first-order valence-electron chi connectivity index (χ1n) is 6.03. The molecule has 1 amide bonds. The molecule has 0 aromatic carbocycles. The molecule has 0 saturated heterocycles. The predicted molar refractivity (Wildman–Crippen MR) is 66.1 cm³/mol. The maximum absolute atomic E-state index is 12.0. The average molecular weight is 253 g/mol. The Balaban J connectivity index is 2.46. The van der Waals surface area contributed by atoms with Crippen LogP contribution in [0, 0.1) is 0 Å². The number of carbonyl (C=O) groups is 2. The lowest BCUT2D eigenvalue weighted by molar-refractivity contribution is -0.139. The molecule has 1 heterocycles. The van der Waals surface area contributed by atoms with E-state index in [0.29, 0.717) is 12.8 Å². The van der Waals surface area contributed by atoms with Gasteiger partial charge >= 0.3 is 5.97 Å². The van der Waals surface area contributed by atoms with Gasteiger partial charge in [-0.2, -0.15) is 0 Å². The Labute approximate surface area is 106 Å². The smallest absolute Gasteiger partial charge is 0.305 e. The van der Waals surface area contributed by atoms with Crippen molar-refractivity contribution in [2.24, 2.45) is 0 Å². The van der Waals surface area contributed by atoms with Gasteiger partial charge in [0, 0.05) is 19.0 Å². The van der Waals surface area contributed by atoms with E-state index in [2.05, 4.69) is 0 Å². The second-order valence-electron chi connectivity index (χ2n) is 4.46. The highest BCUT2D eigenvalue weighted by atomic mass is 16.4. The summed E-state index contributed by atoms with van der Waals surface area (Å²) in [4.78, 5) is 24.1. The van der Waals surface area contributed by atoms with Crippen molar-refractivity contribution in [1.82, 2.24) is 4.90 Å². The summed E-state index contributed by atoms with van der Waals surface area (Å²) in [6, 6.07) is 1.84. The van der Waals surface area contributed by atoms with E-state index < -0.39 is 5.97 Å². The third-order valence-electron chi connectivity index (χ3n) is 2.72. The van der Waals surface area contributed by atoms with Crippen LogP contribution in [0.1, 0.15) is 32.3 Å². The largest absolute Gasteiger partial charge is 0.481 e. The Morgan fingerprint density at radius 2 is 2.11 bits per heavy atom. The molecule has 0 unspecified atom stereocenters. The van der Waals surface area contributed by atoms with E-state index in [1.165, 1.54) is 0 Å². The maximum Gasteiger partial charge on any atom is 0.305 e. The third-order valence-corrected chi connectivity index (χ3v) is 2.72. The number of amides is 1. The molecule has 1 aromatic heterocycles. The Morgan fingerprint density at radius 1 is 1.39 bits per heavy atom. The summed E-state index contributed by atoms with van der Waals surface area (Å²) in [6.45, 7) is 4.03. The summed E-state index contributed by atoms with van der Waals surface area (Å²) in [5, 5.41) is 8.66. The van der Waals surface area contributed by atoms with Crippen LogP contribution in [0.2, 0.25) is 0 Å². The Hall–Kier alpha value is -1.78. The van der Waals surface area contributed by atoms with Crippen molar-refractivity contribution in [3.8, 4) is 0 Å². The Kier molecular flexibility index (Phi) is 5.42. The fraction of sp³-hybridized carbons (Fsp3) is 0.538. The van der Waals surface area contributed by atoms with Crippen molar-refractivity contribution in [3.05, 3.63) is 24.2 Å². The summed E-state index contributed by atoms with van der Waals surface area (Å²) in [6.07, 6.45) is 4.16. The molecule has 0 bridgehead atoms. The number of carbonyl (C=O) groups excluding carboxylic acids is 1. The standard InChI is InChI=1S/C13H19NO4/c1-10(2)14(7-5-13(16)17)12(15)4-3-11-6-8-18-9-11/h6,8-10H,3-5,7H2,1-2H3,(H,16,17). The topological polar surface area (TPSA) is 70.8 Å². The average Bonchev–Trinajstić information content (AvgIpc) is 2.78. The number of rotatable bonds is 7. The van der Waals surface area contributed by atoms with Gasteiger partial charge in [-0.3, -0.25) is 9.59 Å². The molecule has 1 rings (SSSR count). The molecule has 0 atom stereocenters. The number of carboxylic acid groups (broad SMARTS) is 1. The summed E-state index contributed by atoms with van der Waals surface area (Å²) < 4.78 is 4.93. The van der Waals surface area contributed by atoms with Crippen molar-refractivity contribution in [1.29, 1.82) is 0 Å². The second kappa shape index (κ2) is 6.83. The second-order valence-corrected chi connectivity index (χ2v) is 4.46. The number of furan rings is 1. The van der Waals surface area contributed by atoms with E-state index in [1.54, 1.807) is 17.4 Å². The van der Waals surface area contributed by atoms with Crippen LogP contribution in [0.15, 0.2) is 23.0 Å². The molecule has 0 aliphatic carbocycles. The number of aryl methyl sites for hydroxylation is 1. The molecule has 0 saturated carbocycles. The van der Waals surface area contributed by atoms with Gasteiger partial charge in [-0.05, 0) is 31.9 Å². The van der Waals surface area contributed by atoms with Crippen LogP contribution in [0.4, 0.5) is 0 Å². The molecule has 1 aromatic rings. The van der Waals surface area contributed by atoms with Crippen molar-refractivity contribution in [2.75, 3.05) is 6.54 Å². The molecule has 5 heteroatoms. The zero-order valence-corrected chi connectivity index (χ0v) is 10.8. The van der Waals surface area contributed by atoms with E-state index in [0.717, 1.165) is 5.56 Å². The van der Waals surface area contributed by atoms with Crippen LogP contribution in [-0.2, 0) is 16.0 Å². The van der Waals surface area contributed by atoms with Gasteiger partial charge in [0.25, 0.3) is 0 Å². The Bertz CT molecular complexity index is 384. The number of hydrogen-bond acceptors (Lipinski definition) is 3. The quantitative estimate of drug-likeness (QED) is 0.806. The van der Waals surface area contributed by atoms with E-state index in [1.807, 2.05) is 19.9 Å². The SMILES string of the molecule is CC(C)N(CCC(=O)O)C(=O)CCc1ccoc1. The molecule has 1 N–H and O–H groups in total. The molecule has 0 spiro atoms. The highest BCUT2D eigenvalue weighted by molar-refractivity contribution is 5.77. The lowest BCUT2D eigenvalue weighted by atomic mass is 10.1. The van der Waals surface area contributed by atoms with Crippen LogP contribution in [0.3, 0.4) is 0 Å². The van der Waals surface area contributed by atoms with Crippen LogP contribution in [0.5, 0.6) is 0 Å². The molecule has 0 fully saturated rings. The normalized spacial score (nSPS) is 10.6. The molecule has 5 nitrogen and oxygen atoms in total. The fourth-order valence-electron chi connectivity index (χ4n) is 1.72.